The van der Waals surface area contributed by atoms with Gasteiger partial charge in [-0.2, -0.15) is 0 Å². The lowest BCUT2D eigenvalue weighted by Crippen LogP contribution is -2.53. The summed E-state index contributed by atoms with van der Waals surface area (Å²) in [7, 11) is 1.40. The minimum atomic E-state index is -3.57. The van der Waals surface area contributed by atoms with E-state index in [0.717, 1.165) is 49.4 Å². The number of hydrogen-bond donors (Lipinski definition) is 2. The van der Waals surface area contributed by atoms with E-state index >= 15 is 0 Å². The molecule has 2 heterocycles. The number of carbonyl (C=O) groups is 3. The van der Waals surface area contributed by atoms with E-state index in [9.17, 15) is 18.6 Å². The van der Waals surface area contributed by atoms with E-state index in [0.29, 0.717) is 50.0 Å². The van der Waals surface area contributed by atoms with Crippen LogP contribution in [0.2, 0.25) is 5.02 Å². The number of rotatable bonds is 4. The third-order valence-corrected chi connectivity index (χ3v) is 14.1. The fourth-order valence-corrected chi connectivity index (χ4v) is 10.8. The summed E-state index contributed by atoms with van der Waals surface area (Å²) in [6.07, 6.45) is 9.84. The summed E-state index contributed by atoms with van der Waals surface area (Å²) in [6.45, 7) is 3.89. The SMILES string of the molecule is CO[C@H]1/C=C/C[C@H](C)C[S@@](=O)(NC(=O)N[C@H]2C[C@H](OC(=O)N(C)C)C2)=NC(=O)c2ccc3c(c2)N(C[C@@H]2CC[C@H]21)C[C@@]1(CCCc2cc(Cl)ccc21)CO3. The Kier molecular flexibility index (Phi) is 11.2. The minimum Gasteiger partial charge on any atom is -0.490 e. The molecule has 0 saturated heterocycles. The van der Waals surface area contributed by atoms with Crippen LogP contribution < -0.4 is 19.7 Å². The minimum absolute atomic E-state index is 0.0277. The van der Waals surface area contributed by atoms with Gasteiger partial charge < -0.3 is 29.3 Å². The van der Waals surface area contributed by atoms with Gasteiger partial charge in [-0.15, -0.1) is 4.36 Å². The zero-order valence-corrected chi connectivity index (χ0v) is 33.1. The van der Waals surface area contributed by atoms with E-state index in [1.165, 1.54) is 16.0 Å². The molecule has 2 fully saturated rings. The Morgan fingerprint density at radius 1 is 1.15 bits per heavy atom. The van der Waals surface area contributed by atoms with Crippen LogP contribution in [-0.4, -0.2) is 92.0 Å². The topological polar surface area (TPSA) is 139 Å². The number of nitrogens with zero attached hydrogens (tertiary/aromatic N) is 3. The predicted molar refractivity (Wildman–Crippen MR) is 209 cm³/mol. The van der Waals surface area contributed by atoms with Crippen LogP contribution in [0.4, 0.5) is 15.3 Å². The molecule has 54 heavy (non-hydrogen) atoms. The second-order valence-electron chi connectivity index (χ2n) is 16.1. The molecule has 2 bridgehead atoms. The Hall–Kier alpha value is -3.81. The van der Waals surface area contributed by atoms with E-state index in [1.807, 2.05) is 25.1 Å². The summed E-state index contributed by atoms with van der Waals surface area (Å²) in [5.41, 5.74) is 3.31. The molecule has 12 nitrogen and oxygen atoms in total. The molecule has 1 spiro atoms. The molecule has 2 aromatic carbocycles. The summed E-state index contributed by atoms with van der Waals surface area (Å²) in [6, 6.07) is 10.5. The number of amides is 4. The van der Waals surface area contributed by atoms with E-state index in [4.69, 9.17) is 25.8 Å². The Bertz CT molecular complexity index is 1930. The van der Waals surface area contributed by atoms with Gasteiger partial charge in [-0.05, 0) is 97.7 Å². The molecular formula is C40H52ClN5O7S. The van der Waals surface area contributed by atoms with Gasteiger partial charge >= 0.3 is 12.1 Å². The molecule has 14 heteroatoms. The molecule has 2 aromatic rings. The third kappa shape index (κ3) is 8.23. The molecule has 4 amide bonds. The molecule has 5 aliphatic rings. The van der Waals surface area contributed by atoms with E-state index in [-0.39, 0.29) is 40.9 Å². The molecule has 7 rings (SSSR count). The second kappa shape index (κ2) is 15.7. The van der Waals surface area contributed by atoms with E-state index in [1.54, 1.807) is 27.3 Å². The number of methoxy groups -OCH3 is 1. The molecule has 2 saturated carbocycles. The number of fused-ring (bicyclic) bond motifs is 4. The first-order chi connectivity index (χ1) is 25.8. The maximum absolute atomic E-state index is 14.5. The normalized spacial score (nSPS) is 32.5. The van der Waals surface area contributed by atoms with Crippen molar-refractivity contribution in [3.8, 4) is 5.75 Å². The second-order valence-corrected chi connectivity index (χ2v) is 18.5. The molecule has 0 aromatic heterocycles. The standard InChI is InChI=1S/C40H52ClN5O7S/c1-25-7-5-9-35(51-4)32-13-10-28(32)21-46-23-40(16-6-8-26-17-29(41)12-14-33(26)40)24-52-36-15-11-27(18-34(36)46)37(47)43-54(50,22-25)44-38(48)42-30-19-31(20-30)53-39(49)45(2)3/h5,9,11-12,14-15,17-18,25,28,30-32,35H,6-8,10,13,16,19-24H2,1-4H3,(H2,42,43,44,47,48,50)/b9-5+/t25-,28-,30-,31-,32+,35-,40-,54-/m0/s1. The van der Waals surface area contributed by atoms with Crippen molar-refractivity contribution in [3.63, 3.8) is 0 Å². The number of nitrogens with one attached hydrogen (secondary N) is 2. The number of anilines is 1. The number of benzene rings is 2. The quantitative estimate of drug-likeness (QED) is 0.336. The predicted octanol–water partition coefficient (Wildman–Crippen LogP) is 6.50. The largest absolute Gasteiger partial charge is 0.490 e. The maximum Gasteiger partial charge on any atom is 0.409 e. The maximum atomic E-state index is 14.5. The number of allylic oxidation sites excluding steroid dienone is 1. The zero-order chi connectivity index (χ0) is 38.2. The van der Waals surface area contributed by atoms with Gasteiger partial charge in [0.05, 0.1) is 24.2 Å². The number of halogens is 1. The van der Waals surface area contributed by atoms with Crippen LogP contribution >= 0.6 is 11.6 Å². The first-order valence-electron chi connectivity index (χ1n) is 19.1. The summed E-state index contributed by atoms with van der Waals surface area (Å²) in [5.74, 6) is 0.508. The lowest BCUT2D eigenvalue weighted by Gasteiger charge is -2.46. The van der Waals surface area contributed by atoms with Gasteiger partial charge in [-0.1, -0.05) is 36.7 Å². The third-order valence-electron chi connectivity index (χ3n) is 11.8. The van der Waals surface area contributed by atoms with Crippen molar-refractivity contribution in [1.29, 1.82) is 0 Å². The number of urea groups is 1. The molecule has 0 unspecified atom stereocenters. The molecular weight excluding hydrogens is 730 g/mol. The highest BCUT2D eigenvalue weighted by molar-refractivity contribution is 7.92. The van der Waals surface area contributed by atoms with Gasteiger partial charge in [0.2, 0.25) is 0 Å². The molecule has 0 radical (unpaired) electrons. The zero-order valence-electron chi connectivity index (χ0n) is 31.6. The van der Waals surface area contributed by atoms with Gasteiger partial charge in [0.15, 0.2) is 0 Å². The van der Waals surface area contributed by atoms with Crippen LogP contribution in [0.5, 0.6) is 5.75 Å². The summed E-state index contributed by atoms with van der Waals surface area (Å²) < 4.78 is 39.4. The van der Waals surface area contributed by atoms with Crippen molar-refractivity contribution in [1.82, 2.24) is 14.9 Å². The highest BCUT2D eigenvalue weighted by Gasteiger charge is 2.44. The first kappa shape index (κ1) is 38.5. The summed E-state index contributed by atoms with van der Waals surface area (Å²) >= 11 is 6.46. The average Bonchev–Trinajstić information content (AvgIpc) is 3.24. The van der Waals surface area contributed by atoms with E-state index in [2.05, 4.69) is 43.6 Å². The highest BCUT2D eigenvalue weighted by Crippen LogP contribution is 2.47. The van der Waals surface area contributed by atoms with Crippen LogP contribution in [0.25, 0.3) is 0 Å². The Balaban J connectivity index is 1.20. The number of aryl methyl sites for hydroxylation is 1. The van der Waals surface area contributed by atoms with Gasteiger partial charge in [-0.3, -0.25) is 9.52 Å². The molecule has 2 N–H and O–H groups in total. The van der Waals surface area contributed by atoms with Crippen LogP contribution in [0.3, 0.4) is 0 Å². The van der Waals surface area contributed by atoms with Gasteiger partial charge in [0.1, 0.15) is 21.8 Å². The first-order valence-corrected chi connectivity index (χ1v) is 21.2. The van der Waals surface area contributed by atoms with Crippen LogP contribution in [0, 0.1) is 17.8 Å². The lowest BCUT2D eigenvalue weighted by molar-refractivity contribution is 0.0131. The van der Waals surface area contributed by atoms with Crippen molar-refractivity contribution in [2.45, 2.75) is 82.0 Å². The van der Waals surface area contributed by atoms with Crippen LogP contribution in [-0.2, 0) is 31.2 Å². The van der Waals surface area contributed by atoms with Crippen LogP contribution in [0.15, 0.2) is 52.9 Å². The fraction of sp³-hybridized carbons (Fsp3) is 0.575. The summed E-state index contributed by atoms with van der Waals surface area (Å²) in [5, 5.41) is 3.54. The molecule has 3 aliphatic carbocycles. The number of hydrogen-bond acceptors (Lipinski definition) is 8. The summed E-state index contributed by atoms with van der Waals surface area (Å²) in [4.78, 5) is 42.9. The Morgan fingerprint density at radius 3 is 2.70 bits per heavy atom. The van der Waals surface area contributed by atoms with Crippen LogP contribution in [0.1, 0.15) is 73.4 Å². The van der Waals surface area contributed by atoms with Gasteiger partial charge in [0, 0.05) is 69.2 Å². The van der Waals surface area contributed by atoms with E-state index < -0.39 is 27.9 Å². The Morgan fingerprint density at radius 2 is 1.96 bits per heavy atom. The molecule has 6 atom stereocenters. The van der Waals surface area contributed by atoms with Crippen molar-refractivity contribution in [3.05, 3.63) is 70.3 Å². The van der Waals surface area contributed by atoms with Gasteiger partial charge in [-0.25, -0.2) is 13.8 Å². The average molecular weight is 782 g/mol. The highest BCUT2D eigenvalue weighted by atomic mass is 35.5. The number of carbonyl (C=O) groups excluding carboxylic acids is 3. The molecule has 292 valence electrons. The smallest absolute Gasteiger partial charge is 0.409 e. The van der Waals surface area contributed by atoms with Crippen molar-refractivity contribution < 1.29 is 32.8 Å². The monoisotopic (exact) mass is 781 g/mol. The van der Waals surface area contributed by atoms with Crippen molar-refractivity contribution in [2.75, 3.05) is 51.6 Å². The Labute approximate surface area is 323 Å². The van der Waals surface area contributed by atoms with Crippen molar-refractivity contribution in [2.24, 2.45) is 22.1 Å². The fourth-order valence-electron chi connectivity index (χ4n) is 8.75. The molecule has 2 aliphatic heterocycles. The lowest BCUT2D eigenvalue weighted by atomic mass is 9.68. The van der Waals surface area contributed by atoms with Crippen molar-refractivity contribution >= 4 is 45.2 Å². The van der Waals surface area contributed by atoms with Gasteiger partial charge in [0.25, 0.3) is 5.91 Å². The number of ether oxygens (including phenoxy) is 3.